The lowest BCUT2D eigenvalue weighted by molar-refractivity contribution is -0.132. The highest BCUT2D eigenvalue weighted by Gasteiger charge is 2.24. The normalized spacial score (nSPS) is 18.6. The standard InChI is InChI=1S/C14H26N4O3S/c1-4-18(10-12(2)9-15)14(19)11-17-7-5-13(6-8-17)16-22(3,20)21/h12-13,16H,4-8,10-11H2,1-3H3. The number of piperidine rings is 1. The molecule has 0 spiro atoms. The van der Waals surface area contributed by atoms with E-state index in [1.165, 1.54) is 6.26 Å². The molecule has 0 aromatic carbocycles. The van der Waals surface area contributed by atoms with Crippen molar-refractivity contribution in [2.24, 2.45) is 5.92 Å². The van der Waals surface area contributed by atoms with Crippen LogP contribution in [0, 0.1) is 17.2 Å². The summed E-state index contributed by atoms with van der Waals surface area (Å²) < 4.78 is 25.0. The Balaban J connectivity index is 2.42. The van der Waals surface area contributed by atoms with E-state index >= 15 is 0 Å². The maximum atomic E-state index is 12.3. The Morgan fingerprint density at radius 1 is 1.45 bits per heavy atom. The lowest BCUT2D eigenvalue weighted by atomic mass is 10.1. The number of nitriles is 1. The minimum absolute atomic E-state index is 0.0270. The fourth-order valence-corrected chi connectivity index (χ4v) is 3.42. The molecule has 1 saturated heterocycles. The molecule has 1 rings (SSSR count). The van der Waals surface area contributed by atoms with Crippen LogP contribution in [0.15, 0.2) is 0 Å². The largest absolute Gasteiger partial charge is 0.341 e. The number of carbonyl (C=O) groups is 1. The van der Waals surface area contributed by atoms with Gasteiger partial charge in [-0.05, 0) is 26.7 Å². The number of rotatable bonds is 7. The molecule has 1 unspecified atom stereocenters. The number of nitrogens with one attached hydrogen (secondary N) is 1. The fraction of sp³-hybridized carbons (Fsp3) is 0.857. The molecular formula is C14H26N4O3S. The highest BCUT2D eigenvalue weighted by Crippen LogP contribution is 2.11. The SMILES string of the molecule is CCN(CC(C)C#N)C(=O)CN1CCC(NS(C)(=O)=O)CC1. The Hall–Kier alpha value is -1.17. The summed E-state index contributed by atoms with van der Waals surface area (Å²) in [4.78, 5) is 16.0. The number of carbonyl (C=O) groups excluding carboxylic acids is 1. The molecule has 8 heteroatoms. The van der Waals surface area contributed by atoms with E-state index in [1.807, 2.05) is 11.8 Å². The van der Waals surface area contributed by atoms with Crippen molar-refractivity contribution in [2.45, 2.75) is 32.7 Å². The van der Waals surface area contributed by atoms with Crippen LogP contribution in [-0.4, -0.2) is 69.1 Å². The first-order valence-electron chi connectivity index (χ1n) is 7.62. The van der Waals surface area contributed by atoms with Crippen molar-refractivity contribution < 1.29 is 13.2 Å². The predicted molar refractivity (Wildman–Crippen MR) is 84.5 cm³/mol. The fourth-order valence-electron chi connectivity index (χ4n) is 2.58. The average molecular weight is 330 g/mol. The average Bonchev–Trinajstić information content (AvgIpc) is 2.44. The molecule has 0 saturated carbocycles. The van der Waals surface area contributed by atoms with E-state index in [0.29, 0.717) is 45.6 Å². The number of nitrogens with zero attached hydrogens (tertiary/aromatic N) is 3. The molecular weight excluding hydrogens is 304 g/mol. The number of likely N-dealkylation sites (tertiary alicyclic amines) is 1. The molecule has 0 aromatic rings. The van der Waals surface area contributed by atoms with Gasteiger partial charge in [-0.15, -0.1) is 0 Å². The Kier molecular flexibility index (Phi) is 7.26. The van der Waals surface area contributed by atoms with Crippen LogP contribution in [0.25, 0.3) is 0 Å². The van der Waals surface area contributed by atoms with Gasteiger partial charge in [0.05, 0.1) is 24.8 Å². The Morgan fingerprint density at radius 3 is 2.50 bits per heavy atom. The molecule has 126 valence electrons. The van der Waals surface area contributed by atoms with Crippen molar-refractivity contribution in [2.75, 3.05) is 39.0 Å². The van der Waals surface area contributed by atoms with E-state index in [2.05, 4.69) is 10.8 Å². The summed E-state index contributed by atoms with van der Waals surface area (Å²) in [5, 5.41) is 8.85. The third-order valence-corrected chi connectivity index (χ3v) is 4.54. The van der Waals surface area contributed by atoms with Gasteiger partial charge in [0.25, 0.3) is 0 Å². The number of likely N-dealkylation sites (N-methyl/N-ethyl adjacent to an activating group) is 1. The van der Waals surface area contributed by atoms with Crippen molar-refractivity contribution in [3.63, 3.8) is 0 Å². The maximum Gasteiger partial charge on any atom is 0.236 e. The van der Waals surface area contributed by atoms with E-state index in [-0.39, 0.29) is 17.9 Å². The van der Waals surface area contributed by atoms with Gasteiger partial charge in [-0.3, -0.25) is 9.69 Å². The van der Waals surface area contributed by atoms with Gasteiger partial charge in [0.15, 0.2) is 0 Å². The molecule has 1 aliphatic rings. The number of sulfonamides is 1. The van der Waals surface area contributed by atoms with Crippen LogP contribution in [0.3, 0.4) is 0 Å². The monoisotopic (exact) mass is 330 g/mol. The molecule has 0 bridgehead atoms. The summed E-state index contributed by atoms with van der Waals surface area (Å²) in [5.74, 6) is -0.146. The van der Waals surface area contributed by atoms with Gasteiger partial charge in [-0.2, -0.15) is 5.26 Å². The van der Waals surface area contributed by atoms with E-state index in [0.717, 1.165) is 0 Å². The minimum atomic E-state index is -3.17. The molecule has 0 aromatic heterocycles. The first-order chi connectivity index (χ1) is 10.2. The maximum absolute atomic E-state index is 12.3. The molecule has 1 N–H and O–H groups in total. The molecule has 1 heterocycles. The van der Waals surface area contributed by atoms with Crippen LogP contribution >= 0.6 is 0 Å². The summed E-state index contributed by atoms with van der Waals surface area (Å²) in [5.41, 5.74) is 0. The highest BCUT2D eigenvalue weighted by atomic mass is 32.2. The lowest BCUT2D eigenvalue weighted by Crippen LogP contribution is -2.48. The Labute approximate surface area is 133 Å². The molecule has 1 atom stereocenters. The summed E-state index contributed by atoms with van der Waals surface area (Å²) >= 11 is 0. The molecule has 22 heavy (non-hydrogen) atoms. The highest BCUT2D eigenvalue weighted by molar-refractivity contribution is 7.88. The topological polar surface area (TPSA) is 93.5 Å². The minimum Gasteiger partial charge on any atom is -0.341 e. The zero-order valence-electron chi connectivity index (χ0n) is 13.6. The summed E-state index contributed by atoms with van der Waals surface area (Å²) in [7, 11) is -3.17. The zero-order chi connectivity index (χ0) is 16.8. The van der Waals surface area contributed by atoms with Crippen LogP contribution in [0.4, 0.5) is 0 Å². The van der Waals surface area contributed by atoms with E-state index in [4.69, 9.17) is 5.26 Å². The predicted octanol–water partition coefficient (Wildman–Crippen LogP) is 0.00818. The molecule has 1 amide bonds. The van der Waals surface area contributed by atoms with E-state index in [9.17, 15) is 13.2 Å². The molecule has 0 radical (unpaired) electrons. The third-order valence-electron chi connectivity index (χ3n) is 3.78. The zero-order valence-corrected chi connectivity index (χ0v) is 14.4. The van der Waals surface area contributed by atoms with Crippen LogP contribution in [0.2, 0.25) is 0 Å². The summed E-state index contributed by atoms with van der Waals surface area (Å²) in [6.07, 6.45) is 2.58. The smallest absolute Gasteiger partial charge is 0.236 e. The van der Waals surface area contributed by atoms with Gasteiger partial charge in [0, 0.05) is 32.2 Å². The van der Waals surface area contributed by atoms with Crippen LogP contribution < -0.4 is 4.72 Å². The molecule has 1 fully saturated rings. The van der Waals surface area contributed by atoms with Gasteiger partial charge >= 0.3 is 0 Å². The van der Waals surface area contributed by atoms with Crippen LogP contribution in [0.5, 0.6) is 0 Å². The molecule has 1 aliphatic heterocycles. The second-order valence-electron chi connectivity index (χ2n) is 5.90. The number of hydrogen-bond acceptors (Lipinski definition) is 5. The van der Waals surface area contributed by atoms with Crippen molar-refractivity contribution in [3.05, 3.63) is 0 Å². The van der Waals surface area contributed by atoms with Crippen LogP contribution in [0.1, 0.15) is 26.7 Å². The van der Waals surface area contributed by atoms with Crippen molar-refractivity contribution in [3.8, 4) is 6.07 Å². The second kappa shape index (κ2) is 8.46. The molecule has 0 aliphatic carbocycles. The Bertz CT molecular complexity index is 507. The summed E-state index contributed by atoms with van der Waals surface area (Å²) in [6, 6.07) is 2.10. The van der Waals surface area contributed by atoms with E-state index < -0.39 is 10.0 Å². The quantitative estimate of drug-likeness (QED) is 0.709. The summed E-state index contributed by atoms with van der Waals surface area (Å²) in [6.45, 7) is 6.49. The van der Waals surface area contributed by atoms with E-state index in [1.54, 1.807) is 11.8 Å². The first kappa shape index (κ1) is 18.9. The van der Waals surface area contributed by atoms with Gasteiger partial charge in [0.1, 0.15) is 0 Å². The van der Waals surface area contributed by atoms with Crippen LogP contribution in [-0.2, 0) is 14.8 Å². The van der Waals surface area contributed by atoms with Gasteiger partial charge in [-0.1, -0.05) is 0 Å². The number of hydrogen-bond donors (Lipinski definition) is 1. The van der Waals surface area contributed by atoms with Crippen molar-refractivity contribution in [1.29, 1.82) is 5.26 Å². The van der Waals surface area contributed by atoms with Gasteiger partial charge < -0.3 is 4.90 Å². The molecule has 7 nitrogen and oxygen atoms in total. The van der Waals surface area contributed by atoms with Gasteiger partial charge in [-0.25, -0.2) is 13.1 Å². The van der Waals surface area contributed by atoms with Crippen molar-refractivity contribution in [1.82, 2.24) is 14.5 Å². The Morgan fingerprint density at radius 2 is 2.05 bits per heavy atom. The number of amides is 1. The third kappa shape index (κ3) is 6.73. The van der Waals surface area contributed by atoms with Gasteiger partial charge in [0.2, 0.25) is 15.9 Å². The lowest BCUT2D eigenvalue weighted by Gasteiger charge is -2.33. The first-order valence-corrected chi connectivity index (χ1v) is 9.51. The second-order valence-corrected chi connectivity index (χ2v) is 7.68. The van der Waals surface area contributed by atoms with Crippen molar-refractivity contribution >= 4 is 15.9 Å².